The lowest BCUT2D eigenvalue weighted by molar-refractivity contribution is 0.139. The average Bonchev–Trinajstić information content (AvgIpc) is 3.26. The molecule has 29 heavy (non-hydrogen) atoms. The van der Waals surface area contributed by atoms with Crippen LogP contribution < -0.4 is 10.4 Å². The Hall–Kier alpha value is -1.63. The molecule has 1 aliphatic rings. The number of fused-ring (bicyclic) bond motifs is 1. The van der Waals surface area contributed by atoms with Gasteiger partial charge >= 0.3 is 17.6 Å². The van der Waals surface area contributed by atoms with Gasteiger partial charge < -0.3 is 26.6 Å². The zero-order chi connectivity index (χ0) is 21.1. The van der Waals surface area contributed by atoms with E-state index in [1.54, 1.807) is 42.7 Å². The minimum Gasteiger partial charge on any atom is -0.373 e. The van der Waals surface area contributed by atoms with Crippen molar-refractivity contribution in [2.45, 2.75) is 6.42 Å². The number of benzene rings is 2. The van der Waals surface area contributed by atoms with Gasteiger partial charge in [-0.3, -0.25) is 0 Å². The van der Waals surface area contributed by atoms with Crippen LogP contribution >= 0.6 is 0 Å². The first-order chi connectivity index (χ1) is 14.0. The molecule has 2 aromatic rings. The molecule has 0 aromatic heterocycles. The van der Waals surface area contributed by atoms with Crippen molar-refractivity contribution in [3.63, 3.8) is 0 Å². The highest BCUT2D eigenvalue weighted by Gasteiger charge is 2.46. The van der Waals surface area contributed by atoms with Crippen LogP contribution in [0.5, 0.6) is 0 Å². The highest BCUT2D eigenvalue weighted by molar-refractivity contribution is 6.78. The van der Waals surface area contributed by atoms with Crippen LogP contribution in [0.25, 0.3) is 17.2 Å². The fraction of sp³-hybridized carbons (Fsp3) is 0.333. The van der Waals surface area contributed by atoms with Crippen molar-refractivity contribution in [1.29, 1.82) is 0 Å². The zero-order valence-corrected chi connectivity index (χ0v) is 19.8. The summed E-state index contributed by atoms with van der Waals surface area (Å²) in [5, 5.41) is 1.64. The van der Waals surface area contributed by atoms with Gasteiger partial charge in [0.1, 0.15) is 0 Å². The van der Waals surface area contributed by atoms with Crippen LogP contribution in [-0.4, -0.2) is 60.3 Å². The lowest BCUT2D eigenvalue weighted by Gasteiger charge is -2.29. The molecule has 0 unspecified atom stereocenters. The van der Waals surface area contributed by atoms with Crippen LogP contribution in [-0.2, 0) is 33.0 Å². The molecular weight excluding hydrogens is 404 g/mol. The van der Waals surface area contributed by atoms with Crippen molar-refractivity contribution < 1.29 is 26.6 Å². The summed E-state index contributed by atoms with van der Waals surface area (Å²) in [6.07, 6.45) is 5.28. The van der Waals surface area contributed by atoms with Crippen LogP contribution in [0.15, 0.2) is 42.5 Å². The Bertz CT molecular complexity index is 836. The van der Waals surface area contributed by atoms with Crippen molar-refractivity contribution in [3.05, 3.63) is 53.6 Å². The Morgan fingerprint density at radius 3 is 1.69 bits per heavy atom. The minimum absolute atomic E-state index is 0.820. The summed E-state index contributed by atoms with van der Waals surface area (Å²) in [6, 6.07) is 12.4. The van der Waals surface area contributed by atoms with E-state index in [4.69, 9.17) is 26.6 Å². The van der Waals surface area contributed by atoms with E-state index in [9.17, 15) is 0 Å². The first-order valence-electron chi connectivity index (χ1n) is 9.28. The van der Waals surface area contributed by atoms with Gasteiger partial charge in [-0.15, -0.1) is 0 Å². The second-order valence-corrected chi connectivity index (χ2v) is 12.4. The highest BCUT2D eigenvalue weighted by atomic mass is 28.4. The number of allylic oxidation sites excluding steroid dienone is 1. The van der Waals surface area contributed by atoms with Crippen molar-refractivity contribution in [2.75, 3.05) is 42.7 Å². The lowest BCUT2D eigenvalue weighted by atomic mass is 9.97. The smallest absolute Gasteiger partial charge is 0.373 e. The molecule has 0 saturated heterocycles. The summed E-state index contributed by atoms with van der Waals surface area (Å²) in [7, 11) is 3.41. The molecule has 3 rings (SSSR count). The normalized spacial score (nSPS) is 13.7. The van der Waals surface area contributed by atoms with Crippen LogP contribution in [0.2, 0.25) is 0 Å². The van der Waals surface area contributed by atoms with Gasteiger partial charge in [-0.1, -0.05) is 30.4 Å². The predicted molar refractivity (Wildman–Crippen MR) is 117 cm³/mol. The third kappa shape index (κ3) is 3.78. The maximum absolute atomic E-state index is 5.75. The van der Waals surface area contributed by atoms with Crippen LogP contribution in [0.1, 0.15) is 11.1 Å². The summed E-state index contributed by atoms with van der Waals surface area (Å²) in [6.45, 7) is 0. The van der Waals surface area contributed by atoms with Crippen molar-refractivity contribution in [3.8, 4) is 11.1 Å². The van der Waals surface area contributed by atoms with Crippen LogP contribution in [0.4, 0.5) is 0 Å². The minimum atomic E-state index is -3.09. The first kappa shape index (κ1) is 22.1. The number of hydrogen-bond donors (Lipinski definition) is 0. The molecule has 0 spiro atoms. The van der Waals surface area contributed by atoms with Crippen molar-refractivity contribution in [2.24, 2.45) is 0 Å². The van der Waals surface area contributed by atoms with Gasteiger partial charge in [0.15, 0.2) is 0 Å². The summed E-state index contributed by atoms with van der Waals surface area (Å²) in [5.74, 6) is 0. The molecule has 2 aromatic carbocycles. The fourth-order valence-corrected chi connectivity index (χ4v) is 7.77. The average molecular weight is 433 g/mol. The van der Waals surface area contributed by atoms with E-state index in [1.807, 2.05) is 6.07 Å². The topological polar surface area (TPSA) is 55.4 Å². The number of hydrogen-bond acceptors (Lipinski definition) is 6. The van der Waals surface area contributed by atoms with E-state index in [1.165, 1.54) is 11.1 Å². The third-order valence-corrected chi connectivity index (χ3v) is 10.6. The molecule has 0 N–H and O–H groups in total. The highest BCUT2D eigenvalue weighted by Crippen LogP contribution is 2.31. The molecule has 0 saturated carbocycles. The van der Waals surface area contributed by atoms with E-state index in [2.05, 4.69) is 42.5 Å². The lowest BCUT2D eigenvalue weighted by Crippen LogP contribution is -2.59. The Balaban J connectivity index is 2.30. The molecule has 156 valence electrons. The van der Waals surface area contributed by atoms with Crippen LogP contribution in [0.3, 0.4) is 0 Å². The third-order valence-electron chi connectivity index (χ3n) is 5.38. The maximum Gasteiger partial charge on any atom is 0.536 e. The van der Waals surface area contributed by atoms with Gasteiger partial charge in [0.05, 0.1) is 0 Å². The standard InChI is InChI=1S/C21H28O6Si2/c1-22-28(23-2,24-3)18-13-17(14-19(15-18)29(25-4,26-5)27-6)21-12-8-10-16-9-7-11-20(16)21/h7-8,10-15H,9H2,1-6H3. The summed E-state index contributed by atoms with van der Waals surface area (Å²) in [5.41, 5.74) is 4.65. The van der Waals surface area contributed by atoms with E-state index in [0.717, 1.165) is 27.9 Å². The molecule has 1 aliphatic carbocycles. The molecule has 0 fully saturated rings. The van der Waals surface area contributed by atoms with Crippen molar-refractivity contribution >= 4 is 34.1 Å². The van der Waals surface area contributed by atoms with Gasteiger partial charge in [0.25, 0.3) is 0 Å². The Labute approximate surface area is 174 Å². The maximum atomic E-state index is 5.75. The van der Waals surface area contributed by atoms with Gasteiger partial charge in [-0.05, 0) is 46.9 Å². The fourth-order valence-electron chi connectivity index (χ4n) is 3.89. The first-order valence-corrected chi connectivity index (χ1v) is 12.7. The van der Waals surface area contributed by atoms with E-state index >= 15 is 0 Å². The molecule has 0 heterocycles. The second-order valence-electron chi connectivity index (χ2n) is 6.62. The van der Waals surface area contributed by atoms with E-state index in [-0.39, 0.29) is 0 Å². The van der Waals surface area contributed by atoms with Crippen LogP contribution in [0, 0.1) is 0 Å². The van der Waals surface area contributed by atoms with Gasteiger partial charge in [0, 0.05) is 53.0 Å². The molecule has 0 aliphatic heterocycles. The Kier molecular flexibility index (Phi) is 6.87. The largest absolute Gasteiger partial charge is 0.536 e. The quantitative estimate of drug-likeness (QED) is 0.566. The van der Waals surface area contributed by atoms with Gasteiger partial charge in [-0.25, -0.2) is 0 Å². The van der Waals surface area contributed by atoms with Gasteiger partial charge in [-0.2, -0.15) is 0 Å². The molecular formula is C21H28O6Si2. The second kappa shape index (κ2) is 9.03. The molecule has 0 atom stereocenters. The zero-order valence-electron chi connectivity index (χ0n) is 17.8. The van der Waals surface area contributed by atoms with Gasteiger partial charge in [0.2, 0.25) is 0 Å². The van der Waals surface area contributed by atoms with E-state index in [0.29, 0.717) is 0 Å². The summed E-state index contributed by atoms with van der Waals surface area (Å²) >= 11 is 0. The molecule has 8 heteroatoms. The molecule has 0 amide bonds. The summed E-state index contributed by atoms with van der Waals surface area (Å²) in [4.78, 5) is 0. The number of rotatable bonds is 9. The Morgan fingerprint density at radius 1 is 0.690 bits per heavy atom. The summed E-state index contributed by atoms with van der Waals surface area (Å²) < 4.78 is 34.5. The SMILES string of the molecule is CO[Si](OC)(OC)c1cc(-c2cccc3c2C=CC3)cc([Si](OC)(OC)OC)c1. The monoisotopic (exact) mass is 432 g/mol. The predicted octanol–water partition coefficient (Wildman–Crippen LogP) is 2.09. The van der Waals surface area contributed by atoms with Crippen molar-refractivity contribution in [1.82, 2.24) is 0 Å². The molecule has 6 nitrogen and oxygen atoms in total. The Morgan fingerprint density at radius 2 is 1.21 bits per heavy atom. The van der Waals surface area contributed by atoms with E-state index < -0.39 is 17.6 Å². The molecule has 0 bridgehead atoms. The molecule has 0 radical (unpaired) electrons.